The van der Waals surface area contributed by atoms with Gasteiger partial charge < -0.3 is 5.32 Å². The molecule has 0 atom stereocenters. The first-order valence-electron chi connectivity index (χ1n) is 2.16. The number of hydrogen-bond donors (Lipinski definition) is 1. The van der Waals surface area contributed by atoms with Crippen LogP contribution in [-0.2, 0) is 0 Å². The van der Waals surface area contributed by atoms with Crippen molar-refractivity contribution in [2.24, 2.45) is 0 Å². The van der Waals surface area contributed by atoms with E-state index in [1.165, 1.54) is 17.8 Å². The molecule has 2 nitrogen and oxygen atoms in total. The van der Waals surface area contributed by atoms with Crippen LogP contribution in [0.3, 0.4) is 0 Å². The lowest BCUT2D eigenvalue weighted by Crippen LogP contribution is -2.00. The summed E-state index contributed by atoms with van der Waals surface area (Å²) in [5.41, 5.74) is 0. The molecule has 0 radical (unpaired) electrons. The Kier molecular flexibility index (Phi) is 4.19. The van der Waals surface area contributed by atoms with Crippen molar-refractivity contribution < 1.29 is 0 Å². The molecule has 0 amide bonds. The summed E-state index contributed by atoms with van der Waals surface area (Å²) in [7, 11) is 1.79. The molecular formula is C5H8N2S. The molecule has 44 valence electrons. The van der Waals surface area contributed by atoms with Crippen LogP contribution in [0.4, 0.5) is 0 Å². The zero-order chi connectivity index (χ0) is 6.41. The molecular weight excluding hydrogens is 120 g/mol. The minimum Gasteiger partial charge on any atom is -0.382 e. The van der Waals surface area contributed by atoms with Gasteiger partial charge in [-0.05, 0) is 6.26 Å². The lowest BCUT2D eigenvalue weighted by Gasteiger charge is -1.95. The molecule has 0 bridgehead atoms. The second kappa shape index (κ2) is 4.54. The van der Waals surface area contributed by atoms with E-state index in [1.807, 2.05) is 12.3 Å². The molecule has 0 aromatic heterocycles. The molecule has 0 aliphatic carbocycles. The first kappa shape index (κ1) is 7.38. The summed E-state index contributed by atoms with van der Waals surface area (Å²) in [6, 6.07) is 1.92. The summed E-state index contributed by atoms with van der Waals surface area (Å²) < 4.78 is 0. The number of hydrogen-bond acceptors (Lipinski definition) is 3. The average Bonchev–Trinajstić information content (AvgIpc) is 1.83. The molecule has 0 saturated carbocycles. The molecule has 1 N–H and O–H groups in total. The maximum absolute atomic E-state index is 8.12. The van der Waals surface area contributed by atoms with E-state index in [-0.39, 0.29) is 0 Å². The molecule has 8 heavy (non-hydrogen) atoms. The number of nitriles is 1. The van der Waals surface area contributed by atoms with Crippen LogP contribution in [0.15, 0.2) is 11.1 Å². The SMILES string of the molecule is CN/C(=C\C#N)SC. The van der Waals surface area contributed by atoms with Crippen LogP contribution in [0.25, 0.3) is 0 Å². The van der Waals surface area contributed by atoms with E-state index in [1.54, 1.807) is 7.05 Å². The minimum atomic E-state index is 0.896. The van der Waals surface area contributed by atoms with E-state index < -0.39 is 0 Å². The van der Waals surface area contributed by atoms with Crippen LogP contribution in [0.5, 0.6) is 0 Å². The lowest BCUT2D eigenvalue weighted by molar-refractivity contribution is 1.08. The largest absolute Gasteiger partial charge is 0.382 e. The van der Waals surface area contributed by atoms with E-state index in [0.29, 0.717) is 0 Å². The molecule has 0 aliphatic rings. The highest BCUT2D eigenvalue weighted by molar-refractivity contribution is 8.02. The van der Waals surface area contributed by atoms with Crippen LogP contribution in [-0.4, -0.2) is 13.3 Å². The van der Waals surface area contributed by atoms with E-state index in [2.05, 4.69) is 5.32 Å². The zero-order valence-corrected chi connectivity index (χ0v) is 5.75. The monoisotopic (exact) mass is 128 g/mol. The van der Waals surface area contributed by atoms with Crippen LogP contribution in [0.1, 0.15) is 0 Å². The van der Waals surface area contributed by atoms with E-state index in [9.17, 15) is 0 Å². The highest BCUT2D eigenvalue weighted by atomic mass is 32.2. The molecule has 0 spiro atoms. The average molecular weight is 128 g/mol. The Bertz CT molecular complexity index is 117. The second-order valence-electron chi connectivity index (χ2n) is 1.09. The molecule has 0 saturated heterocycles. The Hall–Kier alpha value is -0.620. The lowest BCUT2D eigenvalue weighted by atomic mass is 10.7. The smallest absolute Gasteiger partial charge is 0.0939 e. The van der Waals surface area contributed by atoms with Gasteiger partial charge in [-0.3, -0.25) is 0 Å². The fraction of sp³-hybridized carbons (Fsp3) is 0.400. The van der Waals surface area contributed by atoms with E-state index >= 15 is 0 Å². The summed E-state index contributed by atoms with van der Waals surface area (Å²) in [4.78, 5) is 0. The van der Waals surface area contributed by atoms with E-state index in [4.69, 9.17) is 5.26 Å². The Labute approximate surface area is 53.6 Å². The van der Waals surface area contributed by atoms with Crippen LogP contribution in [0.2, 0.25) is 0 Å². The van der Waals surface area contributed by atoms with Crippen molar-refractivity contribution in [3.8, 4) is 6.07 Å². The van der Waals surface area contributed by atoms with Gasteiger partial charge in [-0.1, -0.05) is 0 Å². The Morgan fingerprint density at radius 3 is 2.62 bits per heavy atom. The highest BCUT2D eigenvalue weighted by Crippen LogP contribution is 2.03. The van der Waals surface area contributed by atoms with Gasteiger partial charge in [-0.15, -0.1) is 11.8 Å². The van der Waals surface area contributed by atoms with Crippen molar-refractivity contribution in [1.82, 2.24) is 5.32 Å². The molecule has 0 aliphatic heterocycles. The molecule has 3 heteroatoms. The summed E-state index contributed by atoms with van der Waals surface area (Å²) in [6.07, 6.45) is 3.39. The summed E-state index contributed by atoms with van der Waals surface area (Å²) in [5.74, 6) is 0. The fourth-order valence-corrected chi connectivity index (χ4v) is 0.666. The van der Waals surface area contributed by atoms with Crippen molar-refractivity contribution >= 4 is 11.8 Å². The first-order chi connectivity index (χ1) is 3.85. The third-order valence-corrected chi connectivity index (χ3v) is 1.42. The summed E-state index contributed by atoms with van der Waals surface area (Å²) in [5, 5.41) is 11.9. The second-order valence-corrected chi connectivity index (χ2v) is 1.94. The summed E-state index contributed by atoms with van der Waals surface area (Å²) in [6.45, 7) is 0. The number of rotatable bonds is 2. The molecule has 0 aromatic carbocycles. The normalized spacial score (nSPS) is 10.4. The fourth-order valence-electron chi connectivity index (χ4n) is 0.292. The molecule has 0 heterocycles. The maximum Gasteiger partial charge on any atom is 0.0939 e. The van der Waals surface area contributed by atoms with Crippen LogP contribution >= 0.6 is 11.8 Å². The topological polar surface area (TPSA) is 35.8 Å². The number of thioether (sulfide) groups is 1. The Morgan fingerprint density at radius 2 is 2.50 bits per heavy atom. The van der Waals surface area contributed by atoms with Crippen molar-refractivity contribution in [2.45, 2.75) is 0 Å². The quantitative estimate of drug-likeness (QED) is 0.562. The van der Waals surface area contributed by atoms with Crippen LogP contribution < -0.4 is 5.32 Å². The predicted molar refractivity (Wildman–Crippen MR) is 36.3 cm³/mol. The van der Waals surface area contributed by atoms with Gasteiger partial charge in [0.15, 0.2) is 0 Å². The van der Waals surface area contributed by atoms with Gasteiger partial charge in [0.25, 0.3) is 0 Å². The van der Waals surface area contributed by atoms with Gasteiger partial charge in [-0.25, -0.2) is 0 Å². The van der Waals surface area contributed by atoms with Gasteiger partial charge in [0.1, 0.15) is 0 Å². The first-order valence-corrected chi connectivity index (χ1v) is 3.39. The molecule has 0 unspecified atom stereocenters. The zero-order valence-electron chi connectivity index (χ0n) is 4.93. The molecule has 0 aromatic rings. The van der Waals surface area contributed by atoms with Gasteiger partial charge in [0.2, 0.25) is 0 Å². The van der Waals surface area contributed by atoms with Gasteiger partial charge >= 0.3 is 0 Å². The maximum atomic E-state index is 8.12. The molecule has 0 fully saturated rings. The summed E-state index contributed by atoms with van der Waals surface area (Å²) >= 11 is 1.52. The molecule has 0 rings (SSSR count). The predicted octanol–water partition coefficient (Wildman–Crippen LogP) is 0.934. The number of allylic oxidation sites excluding steroid dienone is 1. The van der Waals surface area contributed by atoms with Gasteiger partial charge in [-0.2, -0.15) is 5.26 Å². The van der Waals surface area contributed by atoms with Crippen molar-refractivity contribution in [3.63, 3.8) is 0 Å². The van der Waals surface area contributed by atoms with Crippen molar-refractivity contribution in [2.75, 3.05) is 13.3 Å². The minimum absolute atomic E-state index is 0.896. The Balaban J connectivity index is 3.72. The van der Waals surface area contributed by atoms with Crippen LogP contribution in [0, 0.1) is 11.3 Å². The third-order valence-electron chi connectivity index (χ3n) is 0.662. The highest BCUT2D eigenvalue weighted by Gasteiger charge is 1.83. The standard InChI is InChI=1S/C5H8N2S/c1-7-5(8-2)3-4-6/h3,7H,1-2H3/b5-3+. The van der Waals surface area contributed by atoms with Gasteiger partial charge in [0.05, 0.1) is 11.1 Å². The van der Waals surface area contributed by atoms with Crippen molar-refractivity contribution in [3.05, 3.63) is 11.1 Å². The van der Waals surface area contributed by atoms with Crippen molar-refractivity contribution in [1.29, 1.82) is 5.26 Å². The van der Waals surface area contributed by atoms with E-state index in [0.717, 1.165) is 5.03 Å². The van der Waals surface area contributed by atoms with Gasteiger partial charge in [0, 0.05) is 13.1 Å². The third kappa shape index (κ3) is 2.54. The number of nitrogens with one attached hydrogen (secondary N) is 1. The number of nitrogens with zero attached hydrogens (tertiary/aromatic N) is 1. The Morgan fingerprint density at radius 1 is 1.88 bits per heavy atom.